The van der Waals surface area contributed by atoms with Crippen molar-refractivity contribution < 1.29 is 19.1 Å². The number of hydrogen-bond acceptors (Lipinski definition) is 4. The Morgan fingerprint density at radius 2 is 1.95 bits per heavy atom. The molecule has 0 aromatic carbocycles. The number of carbonyl (C=O) groups is 2. The average molecular weight is 269 g/mol. The molecule has 2 aliphatic rings. The van der Waals surface area contributed by atoms with Gasteiger partial charge in [-0.25, -0.2) is 9.59 Å². The third kappa shape index (κ3) is 2.85. The first kappa shape index (κ1) is 14.2. The van der Waals surface area contributed by atoms with E-state index in [1.54, 1.807) is 11.8 Å². The fourth-order valence-corrected chi connectivity index (χ4v) is 3.10. The van der Waals surface area contributed by atoms with Crippen LogP contribution in [0, 0.1) is 5.92 Å². The van der Waals surface area contributed by atoms with Crippen molar-refractivity contribution >= 4 is 12.1 Å². The fraction of sp³-hybridized carbons (Fsp3) is 0.857. The van der Waals surface area contributed by atoms with Gasteiger partial charge in [0.25, 0.3) is 0 Å². The van der Waals surface area contributed by atoms with Crippen molar-refractivity contribution in [2.24, 2.45) is 5.92 Å². The molecule has 108 valence electrons. The molecule has 0 unspecified atom stereocenters. The van der Waals surface area contributed by atoms with Crippen LogP contribution in [0.5, 0.6) is 0 Å². The number of piperidine rings is 1. The summed E-state index contributed by atoms with van der Waals surface area (Å²) in [6.45, 7) is 7.62. The zero-order chi connectivity index (χ0) is 14.2. The summed E-state index contributed by atoms with van der Waals surface area (Å²) in [5.41, 5.74) is -0.544. The maximum Gasteiger partial charge on any atom is 0.411 e. The van der Waals surface area contributed by atoms with Crippen LogP contribution in [0.25, 0.3) is 0 Å². The Morgan fingerprint density at radius 3 is 2.53 bits per heavy atom. The first-order chi connectivity index (χ1) is 8.83. The SMILES string of the molecule is CCOC(=O)[C@H]1[C@@H]2CC[C@@H](C2)N1C(=O)OC(C)(C)C. The largest absolute Gasteiger partial charge is 0.464 e. The quantitative estimate of drug-likeness (QED) is 0.722. The summed E-state index contributed by atoms with van der Waals surface area (Å²) in [6.07, 6.45) is 2.45. The maximum atomic E-state index is 12.3. The molecule has 1 aliphatic carbocycles. The Kier molecular flexibility index (Phi) is 3.74. The highest BCUT2D eigenvalue weighted by atomic mass is 16.6. The summed E-state index contributed by atoms with van der Waals surface area (Å²) >= 11 is 0. The van der Waals surface area contributed by atoms with E-state index in [1.807, 2.05) is 20.8 Å². The molecule has 5 heteroatoms. The lowest BCUT2D eigenvalue weighted by atomic mass is 9.99. The Morgan fingerprint density at radius 1 is 1.26 bits per heavy atom. The molecule has 0 aromatic rings. The van der Waals surface area contributed by atoms with Crippen LogP contribution in [0.1, 0.15) is 47.0 Å². The lowest BCUT2D eigenvalue weighted by molar-refractivity contribution is -0.151. The second-order valence-electron chi connectivity index (χ2n) is 6.31. The minimum atomic E-state index is -0.544. The third-order valence-electron chi connectivity index (χ3n) is 3.72. The summed E-state index contributed by atoms with van der Waals surface area (Å²) in [7, 11) is 0. The highest BCUT2D eigenvalue weighted by Gasteiger charge is 2.53. The van der Waals surface area contributed by atoms with Crippen molar-refractivity contribution in [2.45, 2.75) is 64.6 Å². The minimum Gasteiger partial charge on any atom is -0.464 e. The zero-order valence-electron chi connectivity index (χ0n) is 12.1. The van der Waals surface area contributed by atoms with Crippen LogP contribution < -0.4 is 0 Å². The topological polar surface area (TPSA) is 55.8 Å². The van der Waals surface area contributed by atoms with Crippen LogP contribution in [-0.4, -0.2) is 41.3 Å². The van der Waals surface area contributed by atoms with Gasteiger partial charge in [0, 0.05) is 6.04 Å². The number of rotatable bonds is 2. The molecular formula is C14H23NO4. The molecule has 19 heavy (non-hydrogen) atoms. The molecule has 5 nitrogen and oxygen atoms in total. The van der Waals surface area contributed by atoms with E-state index in [0.29, 0.717) is 6.61 Å². The van der Waals surface area contributed by atoms with E-state index in [-0.39, 0.29) is 17.9 Å². The van der Waals surface area contributed by atoms with E-state index in [4.69, 9.17) is 9.47 Å². The van der Waals surface area contributed by atoms with Crippen LogP contribution in [0.3, 0.4) is 0 Å². The Balaban J connectivity index is 2.12. The normalized spacial score (nSPS) is 29.5. The Hall–Kier alpha value is -1.26. The van der Waals surface area contributed by atoms with Gasteiger partial charge in [-0.15, -0.1) is 0 Å². The first-order valence-electron chi connectivity index (χ1n) is 7.01. The standard InChI is InChI=1S/C14H23NO4/c1-5-18-12(16)11-9-6-7-10(8-9)15(11)13(17)19-14(2,3)4/h9-11H,5-8H2,1-4H3/t9-,10+,11-/m1/s1. The molecule has 1 amide bonds. The minimum absolute atomic E-state index is 0.134. The van der Waals surface area contributed by atoms with Crippen LogP contribution in [0.2, 0.25) is 0 Å². The van der Waals surface area contributed by atoms with Crippen LogP contribution in [0.15, 0.2) is 0 Å². The number of esters is 1. The Labute approximate surface area is 114 Å². The van der Waals surface area contributed by atoms with Gasteiger partial charge in [0.2, 0.25) is 0 Å². The van der Waals surface area contributed by atoms with Gasteiger partial charge in [0.15, 0.2) is 0 Å². The molecular weight excluding hydrogens is 246 g/mol. The van der Waals surface area contributed by atoms with Gasteiger partial charge in [0.1, 0.15) is 11.6 Å². The molecule has 0 aromatic heterocycles. The molecule has 0 N–H and O–H groups in total. The monoisotopic (exact) mass is 269 g/mol. The lowest BCUT2D eigenvalue weighted by Crippen LogP contribution is -2.51. The third-order valence-corrected chi connectivity index (χ3v) is 3.72. The van der Waals surface area contributed by atoms with Crippen LogP contribution in [0.4, 0.5) is 4.79 Å². The summed E-state index contributed by atoms with van der Waals surface area (Å²) in [5, 5.41) is 0. The van der Waals surface area contributed by atoms with Gasteiger partial charge in [-0.2, -0.15) is 0 Å². The van der Waals surface area contributed by atoms with Crippen molar-refractivity contribution in [2.75, 3.05) is 6.61 Å². The predicted octanol–water partition coefficient (Wildman–Crippen LogP) is 2.34. The average Bonchev–Trinajstić information content (AvgIpc) is 2.85. The second-order valence-corrected chi connectivity index (χ2v) is 6.31. The first-order valence-corrected chi connectivity index (χ1v) is 7.01. The van der Waals surface area contributed by atoms with E-state index >= 15 is 0 Å². The number of carbonyl (C=O) groups excluding carboxylic acids is 2. The number of fused-ring (bicyclic) bond motifs is 2. The summed E-state index contributed by atoms with van der Waals surface area (Å²) in [5.74, 6) is -0.0582. The number of hydrogen-bond donors (Lipinski definition) is 0. The molecule has 2 rings (SSSR count). The zero-order valence-corrected chi connectivity index (χ0v) is 12.1. The number of likely N-dealkylation sites (tertiary alicyclic amines) is 1. The molecule has 2 bridgehead atoms. The lowest BCUT2D eigenvalue weighted by Gasteiger charge is -2.34. The Bertz CT molecular complexity index is 374. The second kappa shape index (κ2) is 5.02. The van der Waals surface area contributed by atoms with Crippen molar-refractivity contribution in [1.29, 1.82) is 0 Å². The van der Waals surface area contributed by atoms with Crippen LogP contribution in [-0.2, 0) is 14.3 Å². The van der Waals surface area contributed by atoms with E-state index in [1.165, 1.54) is 0 Å². The molecule has 1 saturated carbocycles. The highest BCUT2D eigenvalue weighted by molar-refractivity contribution is 5.83. The van der Waals surface area contributed by atoms with Crippen molar-refractivity contribution in [1.82, 2.24) is 4.90 Å². The molecule has 3 atom stereocenters. The number of nitrogens with zero attached hydrogens (tertiary/aromatic N) is 1. The van der Waals surface area contributed by atoms with Gasteiger partial charge in [-0.3, -0.25) is 4.90 Å². The highest BCUT2D eigenvalue weighted by Crippen LogP contribution is 2.43. The molecule has 0 radical (unpaired) electrons. The van der Waals surface area contributed by atoms with E-state index in [0.717, 1.165) is 19.3 Å². The van der Waals surface area contributed by atoms with E-state index in [9.17, 15) is 9.59 Å². The summed E-state index contributed by atoms with van der Waals surface area (Å²) in [4.78, 5) is 25.9. The summed E-state index contributed by atoms with van der Waals surface area (Å²) in [6, 6.07) is -0.317. The van der Waals surface area contributed by atoms with Crippen molar-refractivity contribution in [3.63, 3.8) is 0 Å². The summed E-state index contributed by atoms with van der Waals surface area (Å²) < 4.78 is 10.5. The fourth-order valence-electron chi connectivity index (χ4n) is 3.10. The smallest absolute Gasteiger partial charge is 0.411 e. The molecule has 1 aliphatic heterocycles. The van der Waals surface area contributed by atoms with E-state index in [2.05, 4.69) is 0 Å². The molecule has 2 fully saturated rings. The van der Waals surface area contributed by atoms with Gasteiger partial charge < -0.3 is 9.47 Å². The maximum absolute atomic E-state index is 12.3. The van der Waals surface area contributed by atoms with Crippen molar-refractivity contribution in [3.8, 4) is 0 Å². The number of amides is 1. The predicted molar refractivity (Wildman–Crippen MR) is 69.6 cm³/mol. The van der Waals surface area contributed by atoms with Crippen molar-refractivity contribution in [3.05, 3.63) is 0 Å². The van der Waals surface area contributed by atoms with Crippen LogP contribution >= 0.6 is 0 Å². The van der Waals surface area contributed by atoms with Gasteiger partial charge in [-0.1, -0.05) is 0 Å². The molecule has 0 spiro atoms. The molecule has 1 saturated heterocycles. The molecule has 1 heterocycles. The van der Waals surface area contributed by atoms with Gasteiger partial charge in [-0.05, 0) is 52.9 Å². The van der Waals surface area contributed by atoms with Gasteiger partial charge in [0.05, 0.1) is 6.61 Å². The van der Waals surface area contributed by atoms with E-state index < -0.39 is 17.7 Å². The number of ether oxygens (including phenoxy) is 2. The van der Waals surface area contributed by atoms with Gasteiger partial charge >= 0.3 is 12.1 Å².